The summed E-state index contributed by atoms with van der Waals surface area (Å²) in [4.78, 5) is 15.0. The van der Waals surface area contributed by atoms with Gasteiger partial charge in [-0.2, -0.15) is 0 Å². The fourth-order valence-corrected chi connectivity index (χ4v) is 4.84. The lowest BCUT2D eigenvalue weighted by Crippen LogP contribution is -2.48. The first-order chi connectivity index (χ1) is 16.3. The maximum Gasteiger partial charge on any atom is 0.411 e. The first-order valence-corrected chi connectivity index (χ1v) is 11.8. The topological polar surface area (TPSA) is 73.9 Å². The van der Waals surface area contributed by atoms with E-state index in [0.717, 1.165) is 33.6 Å². The average Bonchev–Trinajstić information content (AvgIpc) is 2.86. The Morgan fingerprint density at radius 1 is 1.03 bits per heavy atom. The zero-order valence-electron chi connectivity index (χ0n) is 20.1. The fraction of sp³-hybridized carbons (Fsp3) is 0.357. The molecular weight excluding hydrogens is 428 g/mol. The van der Waals surface area contributed by atoms with Gasteiger partial charge in [-0.25, -0.2) is 4.79 Å². The molecular formula is C28H33N2O4+. The highest BCUT2D eigenvalue weighted by molar-refractivity contribution is 5.70. The summed E-state index contributed by atoms with van der Waals surface area (Å²) in [5.41, 5.74) is 4.94. The highest BCUT2D eigenvalue weighted by atomic mass is 16.6. The van der Waals surface area contributed by atoms with Gasteiger partial charge in [0, 0.05) is 50.3 Å². The number of nitrogens with zero attached hydrogens (tertiary/aromatic N) is 2. The highest BCUT2D eigenvalue weighted by Gasteiger charge is 2.43. The van der Waals surface area contributed by atoms with Crippen LogP contribution >= 0.6 is 0 Å². The summed E-state index contributed by atoms with van der Waals surface area (Å²) in [5, 5.41) is 19.4. The molecule has 2 aromatic carbocycles. The van der Waals surface area contributed by atoms with E-state index in [2.05, 4.69) is 0 Å². The number of aliphatic hydroxyl groups excluding tert-OH is 1. The molecule has 0 radical (unpaired) electrons. The number of benzene rings is 2. The quantitative estimate of drug-likeness (QED) is 0.381. The molecule has 1 unspecified atom stereocenters. The number of aryl methyl sites for hydroxylation is 2. The number of carbonyl (C=O) groups excluding carboxylic acids is 1. The van der Waals surface area contributed by atoms with Crippen LogP contribution in [0.3, 0.4) is 0 Å². The molecule has 34 heavy (non-hydrogen) atoms. The molecule has 1 amide bonds. The molecule has 178 valence electrons. The van der Waals surface area contributed by atoms with Crippen LogP contribution in [0.4, 0.5) is 4.79 Å². The van der Waals surface area contributed by atoms with Gasteiger partial charge in [0.2, 0.25) is 11.4 Å². The van der Waals surface area contributed by atoms with E-state index in [1.807, 2.05) is 87.5 Å². The number of cyclic esters (lactones) is 1. The number of ether oxygens (including phenoxy) is 1. The van der Waals surface area contributed by atoms with Crippen molar-refractivity contribution in [3.8, 4) is 11.1 Å². The van der Waals surface area contributed by atoms with Crippen molar-refractivity contribution < 1.29 is 24.6 Å². The molecule has 6 heteroatoms. The van der Waals surface area contributed by atoms with Crippen molar-refractivity contribution in [1.82, 2.24) is 4.90 Å². The second kappa shape index (κ2) is 9.85. The number of amides is 1. The van der Waals surface area contributed by atoms with Crippen molar-refractivity contribution in [3.05, 3.63) is 89.2 Å². The van der Waals surface area contributed by atoms with E-state index < -0.39 is 5.60 Å². The molecule has 0 spiro atoms. The van der Waals surface area contributed by atoms with Crippen molar-refractivity contribution in [3.63, 3.8) is 0 Å². The summed E-state index contributed by atoms with van der Waals surface area (Å²) in [6, 6.07) is 21.8. The van der Waals surface area contributed by atoms with E-state index in [1.54, 1.807) is 4.90 Å². The van der Waals surface area contributed by atoms with Crippen LogP contribution in [-0.2, 0) is 10.3 Å². The minimum Gasteiger partial charge on any atom is -0.438 e. The monoisotopic (exact) mass is 461 g/mol. The Balaban J connectivity index is 1.52. The fourth-order valence-electron chi connectivity index (χ4n) is 4.84. The van der Waals surface area contributed by atoms with Crippen LogP contribution in [0.25, 0.3) is 11.1 Å². The van der Waals surface area contributed by atoms with Gasteiger partial charge in [-0.15, -0.1) is 0 Å². The van der Waals surface area contributed by atoms with Crippen LogP contribution in [-0.4, -0.2) is 34.5 Å². The number of aromatic nitrogens is 1. The molecule has 1 aliphatic rings. The second-order valence-electron chi connectivity index (χ2n) is 9.14. The molecule has 1 aromatic heterocycles. The molecule has 1 aliphatic heterocycles. The summed E-state index contributed by atoms with van der Waals surface area (Å²) in [5.74, 6) is 0. The minimum absolute atomic E-state index is 0.0668. The summed E-state index contributed by atoms with van der Waals surface area (Å²) >= 11 is 0. The zero-order chi connectivity index (χ0) is 24.3. The van der Waals surface area contributed by atoms with Crippen LogP contribution in [0, 0.1) is 13.8 Å². The van der Waals surface area contributed by atoms with Gasteiger partial charge in [0.05, 0.1) is 6.04 Å². The van der Waals surface area contributed by atoms with Crippen molar-refractivity contribution >= 4 is 6.09 Å². The number of hydrogen-bond donors (Lipinski definition) is 2. The van der Waals surface area contributed by atoms with E-state index in [4.69, 9.17) is 4.74 Å². The predicted octanol–water partition coefficient (Wildman–Crippen LogP) is 5.07. The molecule has 1 saturated heterocycles. The van der Waals surface area contributed by atoms with Gasteiger partial charge in [0.25, 0.3) is 0 Å². The summed E-state index contributed by atoms with van der Waals surface area (Å²) in [7, 11) is 0. The van der Waals surface area contributed by atoms with Crippen LogP contribution in [0.1, 0.15) is 54.7 Å². The normalized spacial score (nSPS) is 19.1. The lowest BCUT2D eigenvalue weighted by atomic mass is 9.84. The Kier molecular flexibility index (Phi) is 6.89. The highest BCUT2D eigenvalue weighted by Crippen LogP contribution is 2.40. The number of aliphatic hydroxyl groups is 1. The molecule has 4 rings (SSSR count). The van der Waals surface area contributed by atoms with Gasteiger partial charge in [0.15, 0.2) is 0 Å². The molecule has 2 atom stereocenters. The number of carbonyl (C=O) groups is 1. The average molecular weight is 462 g/mol. The van der Waals surface area contributed by atoms with Gasteiger partial charge in [-0.1, -0.05) is 54.6 Å². The number of pyridine rings is 1. The molecule has 0 saturated carbocycles. The summed E-state index contributed by atoms with van der Waals surface area (Å²) < 4.78 is 7.28. The number of rotatable bonds is 7. The molecule has 2 heterocycles. The van der Waals surface area contributed by atoms with Gasteiger partial charge in [-0.05, 0) is 42.0 Å². The maximum absolute atomic E-state index is 13.2. The smallest absolute Gasteiger partial charge is 0.411 e. The molecule has 0 aliphatic carbocycles. The standard InChI is InChI=1S/C28H33N2O4/c1-20-18-25(19-21(2)30(20)33)24-12-10-23(11-13-24)22(3)29-16-15-28(14-7-17-31,34-27(29)32)26-8-5-4-6-9-26/h4-6,8-13,18-19,22,31,33H,7,14-17H2,1-3H3/q+1/t22?,28-/m1/s1. The maximum atomic E-state index is 13.2. The van der Waals surface area contributed by atoms with Crippen molar-refractivity contribution in [2.75, 3.05) is 13.2 Å². The van der Waals surface area contributed by atoms with E-state index in [1.165, 1.54) is 4.73 Å². The van der Waals surface area contributed by atoms with E-state index in [-0.39, 0.29) is 18.7 Å². The van der Waals surface area contributed by atoms with Crippen LogP contribution in [0.2, 0.25) is 0 Å². The summed E-state index contributed by atoms with van der Waals surface area (Å²) in [6.07, 6.45) is 1.52. The van der Waals surface area contributed by atoms with Crippen molar-refractivity contribution in [2.24, 2.45) is 0 Å². The third kappa shape index (κ3) is 4.64. The number of hydrogen-bond acceptors (Lipinski definition) is 4. The summed E-state index contributed by atoms with van der Waals surface area (Å²) in [6.45, 7) is 6.40. The molecule has 3 aromatic rings. The van der Waals surface area contributed by atoms with Gasteiger partial charge in [0.1, 0.15) is 5.60 Å². The van der Waals surface area contributed by atoms with Crippen molar-refractivity contribution in [1.29, 1.82) is 0 Å². The van der Waals surface area contributed by atoms with Crippen molar-refractivity contribution in [2.45, 2.75) is 51.7 Å². The Bertz CT molecular complexity index is 1120. The van der Waals surface area contributed by atoms with Gasteiger partial charge in [-0.3, -0.25) is 5.21 Å². The first kappa shape index (κ1) is 23.8. The lowest BCUT2D eigenvalue weighted by Gasteiger charge is -2.43. The van der Waals surface area contributed by atoms with Gasteiger partial charge < -0.3 is 14.7 Å². The van der Waals surface area contributed by atoms with Gasteiger partial charge >= 0.3 is 6.09 Å². The molecule has 1 fully saturated rings. The second-order valence-corrected chi connectivity index (χ2v) is 9.14. The Labute approximate surface area is 201 Å². The van der Waals surface area contributed by atoms with E-state index >= 15 is 0 Å². The van der Waals surface area contributed by atoms with E-state index in [9.17, 15) is 15.1 Å². The molecule has 0 bridgehead atoms. The van der Waals surface area contributed by atoms with Crippen LogP contribution in [0.15, 0.2) is 66.7 Å². The van der Waals surface area contributed by atoms with Crippen LogP contribution in [0.5, 0.6) is 0 Å². The third-order valence-electron chi connectivity index (χ3n) is 6.90. The SMILES string of the molecule is Cc1cc(-c2ccc(C(C)N3CC[C@](CCCO)(c4ccccc4)OC3=O)cc2)cc(C)[n+]1O. The largest absolute Gasteiger partial charge is 0.438 e. The molecule has 6 nitrogen and oxygen atoms in total. The predicted molar refractivity (Wildman–Crippen MR) is 129 cm³/mol. The Morgan fingerprint density at radius 3 is 2.26 bits per heavy atom. The molecule has 2 N–H and O–H groups in total. The van der Waals surface area contributed by atoms with Crippen LogP contribution < -0.4 is 4.73 Å². The Hall–Kier alpha value is -3.38. The van der Waals surface area contributed by atoms with E-state index in [0.29, 0.717) is 25.8 Å². The third-order valence-corrected chi connectivity index (χ3v) is 6.90. The Morgan fingerprint density at radius 2 is 1.68 bits per heavy atom. The minimum atomic E-state index is -0.701. The zero-order valence-corrected chi connectivity index (χ0v) is 20.1. The first-order valence-electron chi connectivity index (χ1n) is 11.8. The lowest BCUT2D eigenvalue weighted by molar-refractivity contribution is -0.912.